The van der Waals surface area contributed by atoms with Gasteiger partial charge in [0.2, 0.25) is 5.91 Å². The monoisotopic (exact) mass is 196 g/mol. The van der Waals surface area contributed by atoms with Crippen LogP contribution in [0.15, 0.2) is 0 Å². The van der Waals surface area contributed by atoms with E-state index in [9.17, 15) is 4.79 Å². The molecule has 2 saturated heterocycles. The Morgan fingerprint density at radius 2 is 2.29 bits per heavy atom. The molecule has 3 heteroatoms. The summed E-state index contributed by atoms with van der Waals surface area (Å²) in [6, 6.07) is 0.490. The molecule has 2 aliphatic heterocycles. The summed E-state index contributed by atoms with van der Waals surface area (Å²) < 4.78 is 0. The van der Waals surface area contributed by atoms with E-state index in [4.69, 9.17) is 0 Å². The van der Waals surface area contributed by atoms with Crippen LogP contribution in [0.3, 0.4) is 0 Å². The lowest BCUT2D eigenvalue weighted by molar-refractivity contribution is -0.135. The zero-order chi connectivity index (χ0) is 10.3. The lowest BCUT2D eigenvalue weighted by Crippen LogP contribution is -2.45. The smallest absolute Gasteiger partial charge is 0.228 e. The van der Waals surface area contributed by atoms with Gasteiger partial charge >= 0.3 is 0 Å². The van der Waals surface area contributed by atoms with Crippen LogP contribution in [0.4, 0.5) is 0 Å². The van der Waals surface area contributed by atoms with Crippen LogP contribution in [-0.2, 0) is 4.79 Å². The van der Waals surface area contributed by atoms with E-state index in [2.05, 4.69) is 31.0 Å². The van der Waals surface area contributed by atoms with Crippen LogP contribution in [0.25, 0.3) is 0 Å². The molecule has 0 saturated carbocycles. The topological polar surface area (TPSA) is 32.3 Å². The Kier molecular flexibility index (Phi) is 2.30. The highest BCUT2D eigenvalue weighted by molar-refractivity contribution is 5.85. The van der Waals surface area contributed by atoms with Crippen molar-refractivity contribution in [3.8, 4) is 0 Å². The summed E-state index contributed by atoms with van der Waals surface area (Å²) in [6.45, 7) is 9.19. The Labute approximate surface area is 85.8 Å². The largest absolute Gasteiger partial charge is 0.339 e. The number of carbonyl (C=O) groups excluding carboxylic acids is 1. The van der Waals surface area contributed by atoms with Crippen LogP contribution in [0.2, 0.25) is 0 Å². The van der Waals surface area contributed by atoms with Gasteiger partial charge in [-0.1, -0.05) is 13.8 Å². The molecule has 2 aliphatic rings. The number of nitrogens with zero attached hydrogens (tertiary/aromatic N) is 1. The van der Waals surface area contributed by atoms with Crippen LogP contribution in [0.1, 0.15) is 27.2 Å². The van der Waals surface area contributed by atoms with Crippen molar-refractivity contribution in [2.45, 2.75) is 33.2 Å². The molecule has 80 valence electrons. The summed E-state index contributed by atoms with van der Waals surface area (Å²) in [6.07, 6.45) is 1.12. The van der Waals surface area contributed by atoms with Gasteiger partial charge in [0.15, 0.2) is 0 Å². The van der Waals surface area contributed by atoms with Crippen LogP contribution in [0.5, 0.6) is 0 Å². The summed E-state index contributed by atoms with van der Waals surface area (Å²) in [7, 11) is 0. The van der Waals surface area contributed by atoms with E-state index in [0.717, 1.165) is 26.1 Å². The molecule has 0 bridgehead atoms. The Bertz CT molecular complexity index is 250. The third kappa shape index (κ3) is 1.18. The summed E-state index contributed by atoms with van der Waals surface area (Å²) in [5.74, 6) is 0.849. The number of fused-ring (bicyclic) bond motifs is 1. The highest BCUT2D eigenvalue weighted by Gasteiger charge is 2.53. The van der Waals surface area contributed by atoms with Gasteiger partial charge in [-0.2, -0.15) is 0 Å². The lowest BCUT2D eigenvalue weighted by Gasteiger charge is -2.33. The molecular weight excluding hydrogens is 176 g/mol. The Balaban J connectivity index is 2.29. The third-order valence-corrected chi connectivity index (χ3v) is 3.93. The molecule has 3 nitrogen and oxygen atoms in total. The Morgan fingerprint density at radius 1 is 1.57 bits per heavy atom. The van der Waals surface area contributed by atoms with Gasteiger partial charge in [0.05, 0.1) is 0 Å². The second-order valence-electron chi connectivity index (χ2n) is 4.98. The Morgan fingerprint density at radius 3 is 2.93 bits per heavy atom. The molecule has 0 aromatic carbocycles. The highest BCUT2D eigenvalue weighted by atomic mass is 16.2. The fourth-order valence-corrected chi connectivity index (χ4v) is 3.01. The lowest BCUT2D eigenvalue weighted by atomic mass is 9.76. The molecule has 0 radical (unpaired) electrons. The summed E-state index contributed by atoms with van der Waals surface area (Å²) in [5, 5.41) is 3.40. The molecule has 1 amide bonds. The zero-order valence-corrected chi connectivity index (χ0v) is 9.34. The second kappa shape index (κ2) is 3.23. The molecule has 2 rings (SSSR count). The molecule has 0 aromatic rings. The van der Waals surface area contributed by atoms with Crippen molar-refractivity contribution in [2.75, 3.05) is 19.6 Å². The van der Waals surface area contributed by atoms with Crippen LogP contribution >= 0.6 is 0 Å². The molecule has 1 N–H and O–H groups in total. The third-order valence-electron chi connectivity index (χ3n) is 3.93. The first-order valence-electron chi connectivity index (χ1n) is 5.60. The fourth-order valence-electron chi connectivity index (χ4n) is 3.01. The zero-order valence-electron chi connectivity index (χ0n) is 9.34. The first-order chi connectivity index (χ1) is 6.59. The van der Waals surface area contributed by atoms with E-state index in [-0.39, 0.29) is 5.41 Å². The van der Waals surface area contributed by atoms with Gasteiger partial charge in [-0.3, -0.25) is 4.79 Å². The number of piperidine rings is 1. The molecule has 0 aliphatic carbocycles. The van der Waals surface area contributed by atoms with E-state index < -0.39 is 0 Å². The fraction of sp³-hybridized carbons (Fsp3) is 0.909. The van der Waals surface area contributed by atoms with Crippen molar-refractivity contribution in [2.24, 2.45) is 11.3 Å². The van der Waals surface area contributed by atoms with Crippen molar-refractivity contribution < 1.29 is 4.79 Å². The highest BCUT2D eigenvalue weighted by Crippen LogP contribution is 2.42. The average molecular weight is 196 g/mol. The van der Waals surface area contributed by atoms with Crippen molar-refractivity contribution >= 4 is 5.91 Å². The minimum absolute atomic E-state index is 0.159. The maximum atomic E-state index is 12.1. The van der Waals surface area contributed by atoms with Crippen molar-refractivity contribution in [1.82, 2.24) is 10.2 Å². The standard InChI is InChI=1S/C11H20N2O/c1-4-13-9-5-6-12-7-8(9)11(2,3)10(13)14/h8-9,12H,4-7H2,1-3H3. The molecule has 2 heterocycles. The van der Waals surface area contributed by atoms with Crippen molar-refractivity contribution in [1.29, 1.82) is 0 Å². The van der Waals surface area contributed by atoms with E-state index in [1.54, 1.807) is 0 Å². The molecule has 0 spiro atoms. The number of hydrogen-bond acceptors (Lipinski definition) is 2. The Hall–Kier alpha value is -0.570. The van der Waals surface area contributed by atoms with E-state index in [1.165, 1.54) is 0 Å². The van der Waals surface area contributed by atoms with Crippen molar-refractivity contribution in [3.05, 3.63) is 0 Å². The maximum absolute atomic E-state index is 12.1. The van der Waals surface area contributed by atoms with Gasteiger partial charge in [0, 0.05) is 30.5 Å². The second-order valence-corrected chi connectivity index (χ2v) is 4.98. The molecule has 2 fully saturated rings. The molecule has 2 atom stereocenters. The van der Waals surface area contributed by atoms with Gasteiger partial charge in [-0.05, 0) is 19.9 Å². The number of nitrogens with one attached hydrogen (secondary N) is 1. The number of likely N-dealkylation sites (tertiary alicyclic amines) is 1. The first-order valence-corrected chi connectivity index (χ1v) is 5.60. The maximum Gasteiger partial charge on any atom is 0.228 e. The average Bonchev–Trinajstić information content (AvgIpc) is 2.37. The van der Waals surface area contributed by atoms with E-state index in [0.29, 0.717) is 17.9 Å². The number of rotatable bonds is 1. The van der Waals surface area contributed by atoms with Crippen molar-refractivity contribution in [3.63, 3.8) is 0 Å². The number of hydrogen-bond donors (Lipinski definition) is 1. The first kappa shape index (κ1) is 9.97. The number of carbonyl (C=O) groups is 1. The minimum Gasteiger partial charge on any atom is -0.339 e. The predicted octanol–water partition coefficient (Wildman–Crippen LogP) is 0.853. The minimum atomic E-state index is -0.159. The SMILES string of the molecule is CCN1C(=O)C(C)(C)C2CNCCC21. The summed E-state index contributed by atoms with van der Waals surface area (Å²) >= 11 is 0. The quantitative estimate of drug-likeness (QED) is 0.674. The molecule has 2 unspecified atom stereocenters. The van der Waals surface area contributed by atoms with Gasteiger partial charge in [-0.15, -0.1) is 0 Å². The van der Waals surface area contributed by atoms with E-state index >= 15 is 0 Å². The van der Waals surface area contributed by atoms with Crippen LogP contribution < -0.4 is 5.32 Å². The summed E-state index contributed by atoms with van der Waals surface area (Å²) in [4.78, 5) is 14.2. The van der Waals surface area contributed by atoms with E-state index in [1.807, 2.05) is 0 Å². The molecule has 14 heavy (non-hydrogen) atoms. The van der Waals surface area contributed by atoms with Gasteiger partial charge < -0.3 is 10.2 Å². The predicted molar refractivity (Wildman–Crippen MR) is 55.9 cm³/mol. The number of amides is 1. The summed E-state index contributed by atoms with van der Waals surface area (Å²) in [5.41, 5.74) is -0.159. The normalized spacial score (nSPS) is 35.9. The van der Waals surface area contributed by atoms with Gasteiger partial charge in [0.25, 0.3) is 0 Å². The molecule has 0 aromatic heterocycles. The molecular formula is C11H20N2O. The van der Waals surface area contributed by atoms with Gasteiger partial charge in [0.1, 0.15) is 0 Å². The van der Waals surface area contributed by atoms with Crippen LogP contribution in [-0.4, -0.2) is 36.5 Å². The van der Waals surface area contributed by atoms with Gasteiger partial charge in [-0.25, -0.2) is 0 Å². The van der Waals surface area contributed by atoms with Crippen LogP contribution in [0, 0.1) is 11.3 Å².